The van der Waals surface area contributed by atoms with Crippen LogP contribution in [0, 0.1) is 18.3 Å². The van der Waals surface area contributed by atoms with E-state index in [1.54, 1.807) is 6.92 Å². The minimum absolute atomic E-state index is 0.280. The van der Waals surface area contributed by atoms with Crippen molar-refractivity contribution in [1.82, 2.24) is 9.97 Å². The molecule has 0 aromatic carbocycles. The molecule has 2 radical (unpaired) electrons. The van der Waals surface area contributed by atoms with Crippen LogP contribution in [0.25, 0.3) is 0 Å². The summed E-state index contributed by atoms with van der Waals surface area (Å²) in [5.74, 6) is 0. The predicted molar refractivity (Wildman–Crippen MR) is 36.9 cm³/mol. The van der Waals surface area contributed by atoms with Crippen molar-refractivity contribution >= 4 is 13.4 Å². The highest BCUT2D eigenvalue weighted by molar-refractivity contribution is 6.30. The second-order valence-electron chi connectivity index (χ2n) is 1.84. The van der Waals surface area contributed by atoms with Crippen molar-refractivity contribution in [2.24, 2.45) is 0 Å². The molecular weight excluding hydrogens is 125 g/mol. The molecule has 0 bridgehead atoms. The lowest BCUT2D eigenvalue weighted by Gasteiger charge is -1.94. The van der Waals surface area contributed by atoms with Gasteiger partial charge < -0.3 is 0 Å². The lowest BCUT2D eigenvalue weighted by Crippen LogP contribution is -2.11. The van der Waals surface area contributed by atoms with E-state index in [2.05, 4.69) is 9.97 Å². The Kier molecular flexibility index (Phi) is 1.68. The molecule has 10 heavy (non-hydrogen) atoms. The van der Waals surface area contributed by atoms with Gasteiger partial charge in [0.1, 0.15) is 13.9 Å². The van der Waals surface area contributed by atoms with Gasteiger partial charge in [0.2, 0.25) is 0 Å². The number of aryl methyl sites for hydroxylation is 1. The smallest absolute Gasteiger partial charge is 0.161 e. The van der Waals surface area contributed by atoms with Gasteiger partial charge in [0.25, 0.3) is 0 Å². The summed E-state index contributed by atoms with van der Waals surface area (Å²) in [4.78, 5) is 7.58. The maximum Gasteiger partial charge on any atom is 0.161 e. The van der Waals surface area contributed by atoms with Crippen LogP contribution >= 0.6 is 0 Å². The first kappa shape index (κ1) is 6.75. The molecule has 0 saturated carbocycles. The third-order valence-corrected chi connectivity index (χ3v) is 1.08. The fourth-order valence-corrected chi connectivity index (χ4v) is 0.569. The largest absolute Gasteiger partial charge is 0.258 e. The molecule has 1 aromatic rings. The number of hydrogen-bond donors (Lipinski definition) is 0. The normalized spacial score (nSPS) is 8.80. The van der Waals surface area contributed by atoms with Gasteiger partial charge in [-0.15, -0.1) is 0 Å². The van der Waals surface area contributed by atoms with E-state index in [1.807, 2.05) is 6.07 Å². The first-order chi connectivity index (χ1) is 4.74. The zero-order valence-electron chi connectivity index (χ0n) is 5.50. The molecule has 46 valence electrons. The van der Waals surface area contributed by atoms with Gasteiger partial charge in [0.15, 0.2) is 5.69 Å². The maximum absolute atomic E-state index is 8.43. The Morgan fingerprint density at radius 2 is 2.40 bits per heavy atom. The summed E-state index contributed by atoms with van der Waals surface area (Å²) in [6.45, 7) is 1.71. The van der Waals surface area contributed by atoms with Crippen molar-refractivity contribution in [2.75, 3.05) is 0 Å². The number of aromatic nitrogens is 2. The molecule has 1 heterocycles. The van der Waals surface area contributed by atoms with E-state index in [1.165, 1.54) is 6.20 Å². The minimum atomic E-state index is 0.280. The Hall–Kier alpha value is -1.37. The van der Waals surface area contributed by atoms with Crippen molar-refractivity contribution in [2.45, 2.75) is 6.92 Å². The lowest BCUT2D eigenvalue weighted by molar-refractivity contribution is 1.11. The minimum Gasteiger partial charge on any atom is -0.258 e. The number of nitrogens with zero attached hydrogens (tertiary/aromatic N) is 3. The Labute approximate surface area is 60.1 Å². The zero-order valence-corrected chi connectivity index (χ0v) is 5.50. The first-order valence-electron chi connectivity index (χ1n) is 2.73. The average Bonchev–Trinajstić information content (AvgIpc) is 1.94. The fourth-order valence-electron chi connectivity index (χ4n) is 0.569. The van der Waals surface area contributed by atoms with E-state index in [4.69, 9.17) is 13.1 Å². The molecule has 0 unspecified atom stereocenters. The molecule has 4 heteroatoms. The van der Waals surface area contributed by atoms with Gasteiger partial charge >= 0.3 is 0 Å². The molecular formula is C6H4BN3. The van der Waals surface area contributed by atoms with Crippen molar-refractivity contribution in [1.29, 1.82) is 5.26 Å². The standard InChI is InChI=1S/C6H4BN3/c1-4-5(2-8)10-6(7)3-9-4/h3H,1H3. The Morgan fingerprint density at radius 3 is 2.90 bits per heavy atom. The molecule has 0 saturated heterocycles. The molecule has 0 fully saturated rings. The SMILES string of the molecule is [B]c1cnc(C)c(C#N)n1. The van der Waals surface area contributed by atoms with Crippen LogP contribution in [0.1, 0.15) is 11.4 Å². The Balaban J connectivity index is 3.25. The third kappa shape index (κ3) is 1.13. The van der Waals surface area contributed by atoms with E-state index in [0.717, 1.165) is 0 Å². The van der Waals surface area contributed by atoms with Crippen molar-refractivity contribution in [3.63, 3.8) is 0 Å². The van der Waals surface area contributed by atoms with Crippen LogP contribution in [-0.2, 0) is 0 Å². The zero-order chi connectivity index (χ0) is 7.56. The molecule has 0 amide bonds. The molecule has 0 spiro atoms. The molecule has 0 aliphatic carbocycles. The summed E-state index contributed by atoms with van der Waals surface area (Å²) in [5, 5.41) is 8.43. The van der Waals surface area contributed by atoms with E-state index in [0.29, 0.717) is 11.4 Å². The van der Waals surface area contributed by atoms with Crippen LogP contribution in [0.4, 0.5) is 0 Å². The Morgan fingerprint density at radius 1 is 1.70 bits per heavy atom. The summed E-state index contributed by atoms with van der Waals surface area (Å²) in [7, 11) is 5.28. The summed E-state index contributed by atoms with van der Waals surface area (Å²) in [6.07, 6.45) is 1.43. The highest BCUT2D eigenvalue weighted by atomic mass is 14.8. The van der Waals surface area contributed by atoms with Crippen LogP contribution in [0.3, 0.4) is 0 Å². The summed E-state index contributed by atoms with van der Waals surface area (Å²) >= 11 is 0. The molecule has 1 aromatic heterocycles. The second-order valence-corrected chi connectivity index (χ2v) is 1.84. The number of nitriles is 1. The van der Waals surface area contributed by atoms with Crippen LogP contribution in [0.2, 0.25) is 0 Å². The highest BCUT2D eigenvalue weighted by Gasteiger charge is 1.97. The Bertz CT molecular complexity index is 290. The topological polar surface area (TPSA) is 49.6 Å². The van der Waals surface area contributed by atoms with Crippen LogP contribution in [0.5, 0.6) is 0 Å². The molecule has 0 aliphatic heterocycles. The predicted octanol–water partition coefficient (Wildman–Crippen LogP) is -0.549. The first-order valence-corrected chi connectivity index (χ1v) is 2.73. The van der Waals surface area contributed by atoms with Crippen molar-refractivity contribution < 1.29 is 0 Å². The van der Waals surface area contributed by atoms with Crippen LogP contribution in [-0.4, -0.2) is 17.8 Å². The summed E-state index contributed by atoms with van der Waals surface area (Å²) in [5.41, 5.74) is 1.18. The maximum atomic E-state index is 8.43. The van der Waals surface area contributed by atoms with Crippen molar-refractivity contribution in [3.8, 4) is 6.07 Å². The summed E-state index contributed by atoms with van der Waals surface area (Å²) in [6, 6.07) is 1.88. The average molecular weight is 129 g/mol. The van der Waals surface area contributed by atoms with E-state index >= 15 is 0 Å². The van der Waals surface area contributed by atoms with Gasteiger partial charge in [-0.3, -0.25) is 9.97 Å². The van der Waals surface area contributed by atoms with Crippen LogP contribution < -0.4 is 5.59 Å². The molecule has 0 aliphatic rings. The molecule has 3 nitrogen and oxygen atoms in total. The van der Waals surface area contributed by atoms with Gasteiger partial charge in [-0.25, -0.2) is 0 Å². The van der Waals surface area contributed by atoms with Crippen molar-refractivity contribution in [3.05, 3.63) is 17.6 Å². The quantitative estimate of drug-likeness (QED) is 0.441. The highest BCUT2D eigenvalue weighted by Crippen LogP contribution is 1.93. The van der Waals surface area contributed by atoms with Gasteiger partial charge in [0, 0.05) is 11.8 Å². The van der Waals surface area contributed by atoms with Gasteiger partial charge in [-0.1, -0.05) is 0 Å². The molecule has 1 rings (SSSR count). The van der Waals surface area contributed by atoms with E-state index < -0.39 is 0 Å². The molecule has 0 N–H and O–H groups in total. The van der Waals surface area contributed by atoms with Gasteiger partial charge in [-0.05, 0) is 6.92 Å². The summed E-state index contributed by atoms with van der Waals surface area (Å²) < 4.78 is 0. The van der Waals surface area contributed by atoms with Crippen LogP contribution in [0.15, 0.2) is 6.20 Å². The molecule has 0 atom stereocenters. The lowest BCUT2D eigenvalue weighted by atomic mass is 10.1. The number of rotatable bonds is 0. The fraction of sp³-hybridized carbons (Fsp3) is 0.167. The van der Waals surface area contributed by atoms with E-state index in [-0.39, 0.29) is 5.59 Å². The number of hydrogen-bond acceptors (Lipinski definition) is 3. The van der Waals surface area contributed by atoms with Gasteiger partial charge in [0.05, 0.1) is 5.69 Å². The van der Waals surface area contributed by atoms with Gasteiger partial charge in [-0.2, -0.15) is 5.26 Å². The van der Waals surface area contributed by atoms with E-state index in [9.17, 15) is 0 Å². The monoisotopic (exact) mass is 129 g/mol. The second kappa shape index (κ2) is 2.48. The third-order valence-electron chi connectivity index (χ3n) is 1.08.